The molecule has 1 amide bonds. The first-order chi connectivity index (χ1) is 7.02. The minimum absolute atomic E-state index is 0.142. The molecular formula is C12H25NO2. The van der Waals surface area contributed by atoms with Crippen LogP contribution < -0.4 is 5.32 Å². The lowest BCUT2D eigenvalue weighted by Crippen LogP contribution is -2.25. The van der Waals surface area contributed by atoms with E-state index in [4.69, 9.17) is 4.74 Å². The van der Waals surface area contributed by atoms with E-state index >= 15 is 0 Å². The van der Waals surface area contributed by atoms with Crippen molar-refractivity contribution in [1.29, 1.82) is 0 Å². The fourth-order valence-electron chi connectivity index (χ4n) is 1.14. The minimum atomic E-state index is 0.142. The molecule has 0 unspecified atom stereocenters. The molecule has 0 spiro atoms. The van der Waals surface area contributed by atoms with Crippen molar-refractivity contribution in [1.82, 2.24) is 5.32 Å². The Kier molecular flexibility index (Phi) is 8.38. The van der Waals surface area contributed by atoms with E-state index in [-0.39, 0.29) is 12.0 Å². The van der Waals surface area contributed by atoms with Gasteiger partial charge in [-0.25, -0.2) is 0 Å². The second-order valence-corrected chi connectivity index (χ2v) is 4.56. The lowest BCUT2D eigenvalue weighted by molar-refractivity contribution is -0.121. The van der Waals surface area contributed by atoms with E-state index in [2.05, 4.69) is 19.2 Å². The first-order valence-corrected chi connectivity index (χ1v) is 5.90. The summed E-state index contributed by atoms with van der Waals surface area (Å²) in [5.74, 6) is 0.789. The van der Waals surface area contributed by atoms with Crippen LogP contribution in [0.4, 0.5) is 0 Å². The van der Waals surface area contributed by atoms with Crippen LogP contribution in [-0.2, 0) is 9.53 Å². The Labute approximate surface area is 93.6 Å². The molecule has 0 fully saturated rings. The van der Waals surface area contributed by atoms with Gasteiger partial charge in [-0.2, -0.15) is 0 Å². The molecule has 0 radical (unpaired) electrons. The first kappa shape index (κ1) is 14.4. The van der Waals surface area contributed by atoms with Gasteiger partial charge in [-0.3, -0.25) is 4.79 Å². The van der Waals surface area contributed by atoms with Crippen LogP contribution in [0.5, 0.6) is 0 Å². The Balaban J connectivity index is 3.26. The molecule has 0 saturated heterocycles. The van der Waals surface area contributed by atoms with E-state index in [1.54, 1.807) is 0 Å². The van der Waals surface area contributed by atoms with Crippen LogP contribution in [0.1, 0.15) is 47.0 Å². The molecule has 0 aliphatic rings. The average molecular weight is 215 g/mol. The predicted octanol–water partition coefficient (Wildman–Crippen LogP) is 2.35. The highest BCUT2D eigenvalue weighted by molar-refractivity contribution is 5.75. The summed E-state index contributed by atoms with van der Waals surface area (Å²) >= 11 is 0. The fraction of sp³-hybridized carbons (Fsp3) is 0.917. The van der Waals surface area contributed by atoms with Crippen LogP contribution in [0.3, 0.4) is 0 Å². The lowest BCUT2D eigenvalue weighted by Gasteiger charge is -2.08. The third-order valence-corrected chi connectivity index (χ3v) is 2.04. The smallest absolute Gasteiger partial charge is 0.220 e. The number of carbonyl (C=O) groups excluding carboxylic acids is 1. The van der Waals surface area contributed by atoms with Crippen molar-refractivity contribution in [3.05, 3.63) is 0 Å². The summed E-state index contributed by atoms with van der Waals surface area (Å²) in [6, 6.07) is 0. The van der Waals surface area contributed by atoms with Gasteiger partial charge in [0, 0.05) is 19.6 Å². The van der Waals surface area contributed by atoms with Crippen LogP contribution in [0.25, 0.3) is 0 Å². The van der Waals surface area contributed by atoms with E-state index < -0.39 is 0 Å². The van der Waals surface area contributed by atoms with Gasteiger partial charge in [-0.1, -0.05) is 13.8 Å². The second-order valence-electron chi connectivity index (χ2n) is 4.56. The first-order valence-electron chi connectivity index (χ1n) is 5.90. The molecule has 0 aliphatic carbocycles. The van der Waals surface area contributed by atoms with E-state index in [1.165, 1.54) is 0 Å². The fourth-order valence-corrected chi connectivity index (χ4v) is 1.14. The largest absolute Gasteiger partial charge is 0.379 e. The number of nitrogens with one attached hydrogen (secondary N) is 1. The maximum absolute atomic E-state index is 11.3. The molecule has 0 aromatic heterocycles. The summed E-state index contributed by atoms with van der Waals surface area (Å²) in [5.41, 5.74) is 0. The van der Waals surface area contributed by atoms with Gasteiger partial charge in [0.2, 0.25) is 5.91 Å². The molecule has 0 saturated carbocycles. The standard InChI is InChI=1S/C12H25NO2/c1-10(2)7-8-13-12(14)6-5-9-15-11(3)4/h10-11H,5-9H2,1-4H3,(H,13,14). The zero-order chi connectivity index (χ0) is 11.7. The SMILES string of the molecule is CC(C)CCNC(=O)CCCOC(C)C. The van der Waals surface area contributed by atoms with Gasteiger partial charge in [0.15, 0.2) is 0 Å². The van der Waals surface area contributed by atoms with Gasteiger partial charge in [0.25, 0.3) is 0 Å². The van der Waals surface area contributed by atoms with Crippen LogP contribution >= 0.6 is 0 Å². The number of rotatable bonds is 8. The number of amides is 1. The Bertz CT molecular complexity index is 167. The van der Waals surface area contributed by atoms with Gasteiger partial charge < -0.3 is 10.1 Å². The second kappa shape index (κ2) is 8.72. The van der Waals surface area contributed by atoms with Crippen molar-refractivity contribution < 1.29 is 9.53 Å². The molecular weight excluding hydrogens is 190 g/mol. The Morgan fingerprint density at radius 1 is 1.27 bits per heavy atom. The normalized spacial score (nSPS) is 11.1. The van der Waals surface area contributed by atoms with Gasteiger partial charge in [0.05, 0.1) is 6.10 Å². The highest BCUT2D eigenvalue weighted by Gasteiger charge is 2.01. The Morgan fingerprint density at radius 2 is 1.93 bits per heavy atom. The Hall–Kier alpha value is -0.570. The number of hydrogen-bond donors (Lipinski definition) is 1. The molecule has 0 aromatic rings. The molecule has 1 N–H and O–H groups in total. The summed E-state index contributed by atoms with van der Waals surface area (Å²) < 4.78 is 5.35. The van der Waals surface area contributed by atoms with E-state index in [9.17, 15) is 4.79 Å². The molecule has 0 rings (SSSR count). The topological polar surface area (TPSA) is 38.3 Å². The molecule has 15 heavy (non-hydrogen) atoms. The lowest BCUT2D eigenvalue weighted by atomic mass is 10.1. The highest BCUT2D eigenvalue weighted by Crippen LogP contribution is 1.98. The van der Waals surface area contributed by atoms with Gasteiger partial charge >= 0.3 is 0 Å². The van der Waals surface area contributed by atoms with Crippen molar-refractivity contribution in [2.24, 2.45) is 5.92 Å². The molecule has 0 aromatic carbocycles. The zero-order valence-corrected chi connectivity index (χ0v) is 10.5. The van der Waals surface area contributed by atoms with Crippen molar-refractivity contribution in [2.45, 2.75) is 53.1 Å². The molecule has 0 bridgehead atoms. The summed E-state index contributed by atoms with van der Waals surface area (Å²) in [7, 11) is 0. The van der Waals surface area contributed by atoms with Gasteiger partial charge in [-0.05, 0) is 32.6 Å². The van der Waals surface area contributed by atoms with Crippen LogP contribution in [0.2, 0.25) is 0 Å². The number of hydrogen-bond acceptors (Lipinski definition) is 2. The quantitative estimate of drug-likeness (QED) is 0.631. The Morgan fingerprint density at radius 3 is 2.47 bits per heavy atom. The molecule has 90 valence electrons. The monoisotopic (exact) mass is 215 g/mol. The maximum Gasteiger partial charge on any atom is 0.220 e. The maximum atomic E-state index is 11.3. The summed E-state index contributed by atoms with van der Waals surface area (Å²) in [5, 5.41) is 2.91. The third kappa shape index (κ3) is 11.4. The van der Waals surface area contributed by atoms with Crippen molar-refractivity contribution in [3.8, 4) is 0 Å². The number of carbonyl (C=O) groups is 1. The number of ether oxygens (including phenoxy) is 1. The van der Waals surface area contributed by atoms with Crippen LogP contribution in [0.15, 0.2) is 0 Å². The van der Waals surface area contributed by atoms with Gasteiger partial charge in [-0.15, -0.1) is 0 Å². The van der Waals surface area contributed by atoms with Crippen molar-refractivity contribution in [2.75, 3.05) is 13.2 Å². The molecule has 0 heterocycles. The average Bonchev–Trinajstić information content (AvgIpc) is 2.11. The van der Waals surface area contributed by atoms with Crippen molar-refractivity contribution >= 4 is 5.91 Å². The van der Waals surface area contributed by atoms with E-state index in [0.29, 0.717) is 18.9 Å². The zero-order valence-electron chi connectivity index (χ0n) is 10.5. The molecule has 0 aliphatic heterocycles. The molecule has 3 heteroatoms. The van der Waals surface area contributed by atoms with Crippen molar-refractivity contribution in [3.63, 3.8) is 0 Å². The third-order valence-electron chi connectivity index (χ3n) is 2.04. The summed E-state index contributed by atoms with van der Waals surface area (Å²) in [6.45, 7) is 9.79. The van der Waals surface area contributed by atoms with E-state index in [0.717, 1.165) is 19.4 Å². The highest BCUT2D eigenvalue weighted by atomic mass is 16.5. The van der Waals surface area contributed by atoms with Gasteiger partial charge in [0.1, 0.15) is 0 Å². The van der Waals surface area contributed by atoms with E-state index in [1.807, 2.05) is 13.8 Å². The summed E-state index contributed by atoms with van der Waals surface area (Å²) in [4.78, 5) is 11.3. The van der Waals surface area contributed by atoms with Crippen LogP contribution in [0, 0.1) is 5.92 Å². The summed E-state index contributed by atoms with van der Waals surface area (Å²) in [6.07, 6.45) is 2.69. The minimum Gasteiger partial charge on any atom is -0.379 e. The molecule has 0 atom stereocenters. The van der Waals surface area contributed by atoms with Crippen LogP contribution in [-0.4, -0.2) is 25.2 Å². The predicted molar refractivity (Wildman–Crippen MR) is 62.8 cm³/mol. The molecule has 3 nitrogen and oxygen atoms in total.